The van der Waals surface area contributed by atoms with Gasteiger partial charge in [-0.25, -0.2) is 0 Å². The van der Waals surface area contributed by atoms with Gasteiger partial charge in [0.05, 0.1) is 17.6 Å². The Labute approximate surface area is 281 Å². The topological polar surface area (TPSA) is 182 Å². The van der Waals surface area contributed by atoms with Crippen LogP contribution >= 0.6 is 0 Å². The van der Waals surface area contributed by atoms with Gasteiger partial charge in [-0.1, -0.05) is 61.7 Å². The Morgan fingerprint density at radius 3 is 2.37 bits per heavy atom. The van der Waals surface area contributed by atoms with Crippen LogP contribution < -0.4 is 10.2 Å². The molecule has 2 fully saturated rings. The van der Waals surface area contributed by atoms with E-state index in [1.807, 2.05) is 18.2 Å². The Balaban J connectivity index is 1.27. The summed E-state index contributed by atoms with van der Waals surface area (Å²) in [4.78, 5) is 36.2. The van der Waals surface area contributed by atoms with E-state index in [1.54, 1.807) is 12.1 Å². The highest BCUT2D eigenvalue weighted by Gasteiger charge is 2.48. The molecule has 1 aliphatic carbocycles. The number of phenolic OH excluding ortho intramolecular Hbond substituents is 1. The first-order chi connectivity index (χ1) is 23.6. The molecular formula is C37H38O12. The van der Waals surface area contributed by atoms with Crippen molar-refractivity contribution in [3.05, 3.63) is 94.8 Å². The predicted octanol–water partition coefficient (Wildman–Crippen LogP) is 4.30. The molecule has 12 nitrogen and oxygen atoms in total. The first kappa shape index (κ1) is 34.1. The van der Waals surface area contributed by atoms with Gasteiger partial charge in [0.15, 0.2) is 5.43 Å². The summed E-state index contributed by atoms with van der Waals surface area (Å²) in [7, 11) is 0. The third-order valence-electron chi connectivity index (χ3n) is 9.27. The molecule has 2 aliphatic rings. The molecule has 0 unspecified atom stereocenters. The number of ether oxygens (including phenoxy) is 4. The molecule has 1 aromatic heterocycles. The van der Waals surface area contributed by atoms with E-state index in [0.717, 1.165) is 37.7 Å². The van der Waals surface area contributed by atoms with Crippen molar-refractivity contribution in [2.75, 3.05) is 13.2 Å². The molecule has 1 aliphatic heterocycles. The SMILES string of the molecule is O=C(O)CC(=O)OC[C@@H]1O[C@H](Oc2ccc3c(=O)c(-c4ccc(O)cc4)coc3c2)[C@H](OCC2(c3ccccc3)CCCCC2)[C@H](O)[C@H]1O. The Hall–Kier alpha value is -4.75. The molecule has 258 valence electrons. The summed E-state index contributed by atoms with van der Waals surface area (Å²) in [6.45, 7) is -0.336. The number of benzene rings is 3. The summed E-state index contributed by atoms with van der Waals surface area (Å²) >= 11 is 0. The van der Waals surface area contributed by atoms with Crippen molar-refractivity contribution < 1.29 is 53.4 Å². The second kappa shape index (κ2) is 14.8. The number of carbonyl (C=O) groups excluding carboxylic acids is 1. The number of aromatic hydroxyl groups is 1. The highest BCUT2D eigenvalue weighted by Crippen LogP contribution is 2.41. The number of rotatable bonds is 11. The van der Waals surface area contributed by atoms with Crippen LogP contribution in [-0.2, 0) is 29.2 Å². The van der Waals surface area contributed by atoms with E-state index in [-0.39, 0.29) is 39.9 Å². The van der Waals surface area contributed by atoms with Gasteiger partial charge in [0.2, 0.25) is 6.29 Å². The number of phenols is 1. The smallest absolute Gasteiger partial charge is 0.317 e. The Morgan fingerprint density at radius 2 is 1.65 bits per heavy atom. The van der Waals surface area contributed by atoms with Gasteiger partial charge in [0.25, 0.3) is 0 Å². The highest BCUT2D eigenvalue weighted by molar-refractivity contribution is 5.90. The molecule has 0 radical (unpaired) electrons. The molecule has 4 N–H and O–H groups in total. The highest BCUT2D eigenvalue weighted by atomic mass is 16.7. The zero-order valence-corrected chi connectivity index (χ0v) is 26.6. The number of aliphatic hydroxyl groups excluding tert-OH is 2. The molecule has 4 aromatic rings. The van der Waals surface area contributed by atoms with Gasteiger partial charge in [-0.2, -0.15) is 0 Å². The van der Waals surface area contributed by atoms with E-state index in [1.165, 1.54) is 36.6 Å². The fraction of sp³-hybridized carbons (Fsp3) is 0.378. The molecule has 49 heavy (non-hydrogen) atoms. The number of carboxylic acids is 1. The second-order valence-electron chi connectivity index (χ2n) is 12.6. The van der Waals surface area contributed by atoms with Gasteiger partial charge in [-0.05, 0) is 48.2 Å². The maximum Gasteiger partial charge on any atom is 0.317 e. The number of carboxylic acid groups (broad SMARTS) is 1. The fourth-order valence-electron chi connectivity index (χ4n) is 6.61. The van der Waals surface area contributed by atoms with Crippen LogP contribution in [0.3, 0.4) is 0 Å². The van der Waals surface area contributed by atoms with Crippen LogP contribution in [0.2, 0.25) is 0 Å². The molecular weight excluding hydrogens is 636 g/mol. The molecule has 3 aromatic carbocycles. The molecule has 0 amide bonds. The molecule has 1 saturated carbocycles. The number of aliphatic carboxylic acids is 1. The normalized spacial score (nSPS) is 23.5. The largest absolute Gasteiger partial charge is 0.508 e. The maximum atomic E-state index is 13.3. The van der Waals surface area contributed by atoms with Gasteiger partial charge >= 0.3 is 11.9 Å². The quantitative estimate of drug-likeness (QED) is 0.131. The molecule has 0 bridgehead atoms. The molecule has 6 rings (SSSR count). The zero-order valence-electron chi connectivity index (χ0n) is 26.6. The lowest BCUT2D eigenvalue weighted by molar-refractivity contribution is -0.291. The summed E-state index contributed by atoms with van der Waals surface area (Å²) in [5.41, 5.74) is 1.56. The zero-order chi connectivity index (χ0) is 34.5. The number of hydrogen-bond acceptors (Lipinski definition) is 11. The summed E-state index contributed by atoms with van der Waals surface area (Å²) in [6, 6.07) is 20.7. The van der Waals surface area contributed by atoms with Crippen LogP contribution in [-0.4, -0.2) is 76.3 Å². The summed E-state index contributed by atoms with van der Waals surface area (Å²) < 4.78 is 29.5. The first-order valence-corrected chi connectivity index (χ1v) is 16.2. The Kier molecular flexibility index (Phi) is 10.3. The standard InChI is InChI=1S/C37H38O12/c38-24-11-9-22(10-12-24)27-19-45-28-17-25(13-14-26(28)32(27)42)48-36-35(34(44)33(43)29(49-36)20-46-31(41)18-30(39)40)47-21-37(15-5-2-6-16-37)23-7-3-1-4-8-23/h1,3-4,7-14,17,19,29,33-36,38,43-44H,2,5-6,15-16,18,20-21H2,(H,39,40)/t29-,33-,34+,35+,36-/m0/s1. The summed E-state index contributed by atoms with van der Waals surface area (Å²) in [6.07, 6.45) is -1.60. The van der Waals surface area contributed by atoms with Crippen molar-refractivity contribution in [2.45, 2.75) is 74.6 Å². The lowest BCUT2D eigenvalue weighted by Crippen LogP contribution is -2.61. The van der Waals surface area contributed by atoms with E-state index in [4.69, 9.17) is 28.5 Å². The van der Waals surface area contributed by atoms with Crippen molar-refractivity contribution in [1.82, 2.24) is 0 Å². The summed E-state index contributed by atoms with van der Waals surface area (Å²) in [5.74, 6) is -2.15. The minimum absolute atomic E-state index is 0.0650. The minimum Gasteiger partial charge on any atom is -0.508 e. The average molecular weight is 675 g/mol. The van der Waals surface area contributed by atoms with Gasteiger partial charge in [0.1, 0.15) is 60.8 Å². The van der Waals surface area contributed by atoms with Crippen LogP contribution in [0, 0.1) is 0 Å². The third kappa shape index (κ3) is 7.62. The molecule has 1 saturated heterocycles. The van der Waals surface area contributed by atoms with Crippen molar-refractivity contribution in [2.24, 2.45) is 0 Å². The van der Waals surface area contributed by atoms with Gasteiger partial charge in [0, 0.05) is 11.5 Å². The van der Waals surface area contributed by atoms with E-state index in [0.29, 0.717) is 11.1 Å². The predicted molar refractivity (Wildman–Crippen MR) is 175 cm³/mol. The number of aliphatic hydroxyl groups is 2. The van der Waals surface area contributed by atoms with Crippen LogP contribution in [0.25, 0.3) is 22.1 Å². The lowest BCUT2D eigenvalue weighted by Gasteiger charge is -2.44. The average Bonchev–Trinajstić information content (AvgIpc) is 3.10. The van der Waals surface area contributed by atoms with Crippen molar-refractivity contribution in [3.63, 3.8) is 0 Å². The Bertz CT molecular complexity index is 1810. The van der Waals surface area contributed by atoms with Crippen LogP contribution in [0.5, 0.6) is 11.5 Å². The summed E-state index contributed by atoms with van der Waals surface area (Å²) in [5, 5.41) is 41.2. The number of hydrogen-bond donors (Lipinski definition) is 4. The van der Waals surface area contributed by atoms with E-state index in [9.17, 15) is 29.7 Å². The molecule has 0 spiro atoms. The monoisotopic (exact) mass is 674 g/mol. The van der Waals surface area contributed by atoms with Crippen molar-refractivity contribution >= 4 is 22.9 Å². The third-order valence-corrected chi connectivity index (χ3v) is 9.27. The number of fused-ring (bicyclic) bond motifs is 1. The van der Waals surface area contributed by atoms with Crippen LogP contribution in [0.15, 0.2) is 88.3 Å². The van der Waals surface area contributed by atoms with Crippen LogP contribution in [0.4, 0.5) is 0 Å². The van der Waals surface area contributed by atoms with Gasteiger partial charge < -0.3 is 43.8 Å². The lowest BCUT2D eigenvalue weighted by atomic mass is 9.70. The Morgan fingerprint density at radius 1 is 0.918 bits per heavy atom. The van der Waals surface area contributed by atoms with Crippen LogP contribution in [0.1, 0.15) is 44.1 Å². The number of esters is 1. The van der Waals surface area contributed by atoms with E-state index >= 15 is 0 Å². The van der Waals surface area contributed by atoms with E-state index < -0.39 is 55.7 Å². The fourth-order valence-corrected chi connectivity index (χ4v) is 6.61. The van der Waals surface area contributed by atoms with Gasteiger partial charge in [-0.15, -0.1) is 0 Å². The minimum atomic E-state index is -1.56. The second-order valence-corrected chi connectivity index (χ2v) is 12.6. The maximum absolute atomic E-state index is 13.3. The first-order valence-electron chi connectivity index (χ1n) is 16.2. The van der Waals surface area contributed by atoms with E-state index in [2.05, 4.69) is 12.1 Å². The molecule has 12 heteroatoms. The molecule has 5 atom stereocenters. The molecule has 2 heterocycles. The number of carbonyl (C=O) groups is 2. The van der Waals surface area contributed by atoms with Crippen molar-refractivity contribution in [1.29, 1.82) is 0 Å². The van der Waals surface area contributed by atoms with Crippen molar-refractivity contribution in [3.8, 4) is 22.6 Å². The van der Waals surface area contributed by atoms with Gasteiger partial charge in [-0.3, -0.25) is 14.4 Å².